The maximum absolute atomic E-state index is 13.5. The topological polar surface area (TPSA) is 38.1 Å². The van der Waals surface area contributed by atoms with E-state index in [2.05, 4.69) is 31.4 Å². The molecule has 1 fully saturated rings. The zero-order chi connectivity index (χ0) is 18.4. The van der Waals surface area contributed by atoms with Crippen molar-refractivity contribution in [2.24, 2.45) is 11.8 Å². The fourth-order valence-corrected chi connectivity index (χ4v) is 5.53. The summed E-state index contributed by atoms with van der Waals surface area (Å²) in [6.45, 7) is 10.3. The molecule has 3 aromatic heterocycles. The molecule has 4 nitrogen and oxygen atoms in total. The lowest BCUT2D eigenvalue weighted by Gasteiger charge is -2.35. The van der Waals surface area contributed by atoms with E-state index in [9.17, 15) is 4.79 Å². The summed E-state index contributed by atoms with van der Waals surface area (Å²) in [5, 5.41) is 1.10. The third-order valence-electron chi connectivity index (χ3n) is 5.18. The van der Waals surface area contributed by atoms with Crippen molar-refractivity contribution in [2.45, 2.75) is 34.1 Å². The summed E-state index contributed by atoms with van der Waals surface area (Å²) in [5.41, 5.74) is 3.15. The van der Waals surface area contributed by atoms with Crippen LogP contribution in [0.1, 0.15) is 41.2 Å². The molecule has 136 valence electrons. The molecule has 2 unspecified atom stereocenters. The van der Waals surface area contributed by atoms with E-state index in [1.807, 2.05) is 36.4 Å². The SMILES string of the molecule is Cc1cc(C)c2c(-n3cccc3)c(C(=O)N3CC(C)CC(C)C3)sc2n1. The number of carbonyl (C=O) groups excluding carboxylic acids is 1. The third kappa shape index (κ3) is 2.94. The third-order valence-corrected chi connectivity index (χ3v) is 6.24. The highest BCUT2D eigenvalue weighted by Crippen LogP contribution is 2.37. The smallest absolute Gasteiger partial charge is 0.266 e. The number of pyridine rings is 1. The summed E-state index contributed by atoms with van der Waals surface area (Å²) in [5.74, 6) is 1.25. The average Bonchev–Trinajstić information content (AvgIpc) is 3.19. The van der Waals surface area contributed by atoms with Gasteiger partial charge in [-0.2, -0.15) is 0 Å². The molecular weight excluding hydrogens is 342 g/mol. The number of carbonyl (C=O) groups is 1. The lowest BCUT2D eigenvalue weighted by Crippen LogP contribution is -2.42. The number of fused-ring (bicyclic) bond motifs is 1. The van der Waals surface area contributed by atoms with Crippen LogP contribution in [-0.2, 0) is 0 Å². The van der Waals surface area contributed by atoms with Crippen molar-refractivity contribution >= 4 is 27.5 Å². The summed E-state index contributed by atoms with van der Waals surface area (Å²) >= 11 is 1.53. The molecule has 1 aliphatic heterocycles. The molecule has 4 rings (SSSR count). The first kappa shape index (κ1) is 17.3. The second-order valence-corrected chi connectivity index (χ2v) is 8.79. The van der Waals surface area contributed by atoms with E-state index in [0.717, 1.165) is 39.6 Å². The first-order chi connectivity index (χ1) is 12.4. The van der Waals surface area contributed by atoms with Gasteiger partial charge in [-0.3, -0.25) is 4.79 Å². The predicted molar refractivity (Wildman–Crippen MR) is 107 cm³/mol. The van der Waals surface area contributed by atoms with Crippen LogP contribution in [0.5, 0.6) is 0 Å². The molecule has 0 aromatic carbocycles. The molecule has 5 heteroatoms. The number of rotatable bonds is 2. The van der Waals surface area contributed by atoms with Gasteiger partial charge >= 0.3 is 0 Å². The van der Waals surface area contributed by atoms with Gasteiger partial charge in [0.15, 0.2) is 0 Å². The van der Waals surface area contributed by atoms with Crippen molar-refractivity contribution in [2.75, 3.05) is 13.1 Å². The highest BCUT2D eigenvalue weighted by atomic mass is 32.1. The van der Waals surface area contributed by atoms with Gasteiger partial charge in [0.2, 0.25) is 0 Å². The molecule has 3 aromatic rings. The van der Waals surface area contributed by atoms with Crippen molar-refractivity contribution in [1.29, 1.82) is 0 Å². The minimum absolute atomic E-state index is 0.146. The van der Waals surface area contributed by atoms with Gasteiger partial charge in [0, 0.05) is 36.6 Å². The number of nitrogens with zero attached hydrogens (tertiary/aromatic N) is 3. The normalized spacial score (nSPS) is 20.7. The molecule has 0 radical (unpaired) electrons. The Morgan fingerprint density at radius 1 is 1.15 bits per heavy atom. The Labute approximate surface area is 158 Å². The van der Waals surface area contributed by atoms with E-state index in [1.54, 1.807) is 0 Å². The van der Waals surface area contributed by atoms with Crippen molar-refractivity contribution in [1.82, 2.24) is 14.5 Å². The first-order valence-electron chi connectivity index (χ1n) is 9.27. The van der Waals surface area contributed by atoms with Crippen LogP contribution in [0.25, 0.3) is 15.9 Å². The zero-order valence-electron chi connectivity index (χ0n) is 15.8. The molecule has 0 spiro atoms. The van der Waals surface area contributed by atoms with Gasteiger partial charge in [-0.15, -0.1) is 11.3 Å². The summed E-state index contributed by atoms with van der Waals surface area (Å²) in [6, 6.07) is 6.10. The molecule has 0 aliphatic carbocycles. The number of aryl methyl sites for hydroxylation is 2. The second kappa shape index (κ2) is 6.54. The summed E-state index contributed by atoms with van der Waals surface area (Å²) < 4.78 is 2.06. The quantitative estimate of drug-likeness (QED) is 0.651. The van der Waals surface area contributed by atoms with Crippen LogP contribution < -0.4 is 0 Å². The largest absolute Gasteiger partial charge is 0.337 e. The average molecular weight is 368 g/mol. The fraction of sp³-hybridized carbons (Fsp3) is 0.429. The second-order valence-electron chi connectivity index (χ2n) is 7.79. The van der Waals surface area contributed by atoms with Crippen molar-refractivity contribution in [3.63, 3.8) is 0 Å². The Kier molecular flexibility index (Phi) is 4.35. The maximum Gasteiger partial charge on any atom is 0.266 e. The predicted octanol–water partition coefficient (Wildman–Crippen LogP) is 4.82. The van der Waals surface area contributed by atoms with Gasteiger partial charge in [0.25, 0.3) is 5.91 Å². The highest BCUT2D eigenvalue weighted by Gasteiger charge is 2.30. The minimum Gasteiger partial charge on any atom is -0.337 e. The first-order valence-corrected chi connectivity index (χ1v) is 10.1. The van der Waals surface area contributed by atoms with Gasteiger partial charge < -0.3 is 9.47 Å². The van der Waals surface area contributed by atoms with Gasteiger partial charge in [0.05, 0.1) is 5.69 Å². The van der Waals surface area contributed by atoms with E-state index < -0.39 is 0 Å². The molecule has 4 heterocycles. The number of hydrogen-bond donors (Lipinski definition) is 0. The Morgan fingerprint density at radius 3 is 2.46 bits per heavy atom. The van der Waals surface area contributed by atoms with E-state index in [1.165, 1.54) is 23.3 Å². The molecule has 26 heavy (non-hydrogen) atoms. The molecule has 1 saturated heterocycles. The molecule has 2 atom stereocenters. The van der Waals surface area contributed by atoms with Crippen molar-refractivity contribution in [3.05, 3.63) is 46.7 Å². The lowest BCUT2D eigenvalue weighted by atomic mass is 9.92. The molecule has 0 bridgehead atoms. The number of aromatic nitrogens is 2. The van der Waals surface area contributed by atoms with E-state index in [4.69, 9.17) is 4.98 Å². The Bertz CT molecular complexity index is 947. The zero-order valence-corrected chi connectivity index (χ0v) is 16.6. The number of piperidine rings is 1. The van der Waals surface area contributed by atoms with Crippen LogP contribution in [0, 0.1) is 25.7 Å². The van der Waals surface area contributed by atoms with E-state index in [-0.39, 0.29) is 5.91 Å². The highest BCUT2D eigenvalue weighted by molar-refractivity contribution is 7.21. The number of hydrogen-bond acceptors (Lipinski definition) is 3. The van der Waals surface area contributed by atoms with Crippen molar-refractivity contribution < 1.29 is 4.79 Å². The Balaban J connectivity index is 1.88. The van der Waals surface area contributed by atoms with Gasteiger partial charge in [-0.05, 0) is 55.9 Å². The molecule has 1 amide bonds. The number of amides is 1. The molecular formula is C21H25N3OS. The van der Waals surface area contributed by atoms with Gasteiger partial charge in [-0.1, -0.05) is 13.8 Å². The number of likely N-dealkylation sites (tertiary alicyclic amines) is 1. The Hall–Kier alpha value is -2.14. The Morgan fingerprint density at radius 2 is 1.81 bits per heavy atom. The molecule has 0 N–H and O–H groups in total. The summed E-state index contributed by atoms with van der Waals surface area (Å²) in [6.07, 6.45) is 5.22. The molecule has 1 aliphatic rings. The number of thiophene rings is 1. The molecule has 0 saturated carbocycles. The van der Waals surface area contributed by atoms with Crippen LogP contribution in [-0.4, -0.2) is 33.4 Å². The fourth-order valence-electron chi connectivity index (χ4n) is 4.27. The maximum atomic E-state index is 13.5. The minimum atomic E-state index is 0.146. The van der Waals surface area contributed by atoms with Crippen LogP contribution in [0.3, 0.4) is 0 Å². The van der Waals surface area contributed by atoms with E-state index >= 15 is 0 Å². The lowest BCUT2D eigenvalue weighted by molar-refractivity contribution is 0.0628. The van der Waals surface area contributed by atoms with Crippen LogP contribution in [0.15, 0.2) is 30.6 Å². The summed E-state index contributed by atoms with van der Waals surface area (Å²) in [7, 11) is 0. The van der Waals surface area contributed by atoms with Gasteiger partial charge in [0.1, 0.15) is 9.71 Å². The summed E-state index contributed by atoms with van der Waals surface area (Å²) in [4.78, 5) is 22.0. The standard InChI is InChI=1S/C21H25N3OS/c1-13-9-14(2)12-24(11-13)21(25)19-18(23-7-5-6-8-23)17-15(3)10-16(4)22-20(17)26-19/h5-8,10,13-14H,9,11-12H2,1-4H3. The van der Waals surface area contributed by atoms with Crippen LogP contribution in [0.2, 0.25) is 0 Å². The van der Waals surface area contributed by atoms with Crippen molar-refractivity contribution in [3.8, 4) is 5.69 Å². The van der Waals surface area contributed by atoms with Gasteiger partial charge in [-0.25, -0.2) is 4.98 Å². The van der Waals surface area contributed by atoms with E-state index in [0.29, 0.717) is 11.8 Å². The van der Waals surface area contributed by atoms with Crippen LogP contribution in [0.4, 0.5) is 0 Å². The monoisotopic (exact) mass is 367 g/mol. The van der Waals surface area contributed by atoms with Crippen LogP contribution >= 0.6 is 11.3 Å².